The van der Waals surface area contributed by atoms with Crippen LogP contribution in [0, 0.1) is 5.82 Å². The van der Waals surface area contributed by atoms with Gasteiger partial charge in [-0.1, -0.05) is 5.16 Å². The first-order valence-electron chi connectivity index (χ1n) is 5.88. The Morgan fingerprint density at radius 1 is 1.47 bits per heavy atom. The van der Waals surface area contributed by atoms with E-state index in [0.717, 1.165) is 6.20 Å². The number of halogens is 1. The molecule has 0 aliphatic rings. The predicted molar refractivity (Wildman–Crippen MR) is 65.5 cm³/mol. The van der Waals surface area contributed by atoms with Crippen molar-refractivity contribution in [3.8, 4) is 11.5 Å². The SMILES string of the molecule is CC(C)OCC(N)c1noc(-c2ccncc2F)n1. The van der Waals surface area contributed by atoms with Gasteiger partial charge in [-0.25, -0.2) is 4.39 Å². The van der Waals surface area contributed by atoms with Crippen molar-refractivity contribution >= 4 is 0 Å². The van der Waals surface area contributed by atoms with Crippen LogP contribution in [0.25, 0.3) is 11.5 Å². The van der Waals surface area contributed by atoms with E-state index in [2.05, 4.69) is 15.1 Å². The van der Waals surface area contributed by atoms with Gasteiger partial charge in [0.15, 0.2) is 11.6 Å². The maximum absolute atomic E-state index is 13.5. The summed E-state index contributed by atoms with van der Waals surface area (Å²) >= 11 is 0. The van der Waals surface area contributed by atoms with Gasteiger partial charge in [0.05, 0.1) is 30.5 Å². The molecule has 0 saturated heterocycles. The molecule has 2 aromatic heterocycles. The van der Waals surface area contributed by atoms with Gasteiger partial charge in [0.2, 0.25) is 0 Å². The van der Waals surface area contributed by atoms with Crippen LogP contribution < -0.4 is 5.73 Å². The molecule has 0 bridgehead atoms. The van der Waals surface area contributed by atoms with E-state index in [4.69, 9.17) is 15.0 Å². The highest BCUT2D eigenvalue weighted by Gasteiger charge is 2.18. The fourth-order valence-corrected chi connectivity index (χ4v) is 1.41. The third kappa shape index (κ3) is 3.33. The molecule has 6 nitrogen and oxygen atoms in total. The first-order valence-corrected chi connectivity index (χ1v) is 5.88. The Hall–Kier alpha value is -1.86. The van der Waals surface area contributed by atoms with Crippen LogP contribution in [0.2, 0.25) is 0 Å². The van der Waals surface area contributed by atoms with Gasteiger partial charge in [0, 0.05) is 6.20 Å². The van der Waals surface area contributed by atoms with Crippen molar-refractivity contribution in [1.82, 2.24) is 15.1 Å². The summed E-state index contributed by atoms with van der Waals surface area (Å²) in [6.45, 7) is 4.08. The molecule has 0 spiro atoms. The summed E-state index contributed by atoms with van der Waals surface area (Å²) in [7, 11) is 0. The average Bonchev–Trinajstić information content (AvgIpc) is 2.86. The Morgan fingerprint density at radius 3 is 2.95 bits per heavy atom. The van der Waals surface area contributed by atoms with E-state index in [1.165, 1.54) is 12.3 Å². The minimum atomic E-state index is -0.523. The Kier molecular flexibility index (Phi) is 4.18. The number of pyridine rings is 1. The van der Waals surface area contributed by atoms with Crippen LogP contribution in [0.5, 0.6) is 0 Å². The highest BCUT2D eigenvalue weighted by molar-refractivity contribution is 5.52. The summed E-state index contributed by atoms with van der Waals surface area (Å²) in [5.74, 6) is -0.161. The summed E-state index contributed by atoms with van der Waals surface area (Å²) in [5, 5.41) is 3.73. The highest BCUT2D eigenvalue weighted by Crippen LogP contribution is 2.21. The van der Waals surface area contributed by atoms with Crippen molar-refractivity contribution in [1.29, 1.82) is 0 Å². The van der Waals surface area contributed by atoms with Crippen molar-refractivity contribution in [2.45, 2.75) is 26.0 Å². The van der Waals surface area contributed by atoms with Gasteiger partial charge in [-0.2, -0.15) is 4.98 Å². The lowest BCUT2D eigenvalue weighted by molar-refractivity contribution is 0.0665. The molecule has 0 aromatic carbocycles. The van der Waals surface area contributed by atoms with Gasteiger partial charge in [0.1, 0.15) is 0 Å². The van der Waals surface area contributed by atoms with Crippen LogP contribution in [0.4, 0.5) is 4.39 Å². The molecular weight excluding hydrogens is 251 g/mol. The monoisotopic (exact) mass is 266 g/mol. The number of rotatable bonds is 5. The summed E-state index contributed by atoms with van der Waals surface area (Å²) < 4.78 is 23.9. The standard InChI is InChI=1S/C12H15FN4O2/c1-7(2)18-6-10(14)11-16-12(19-17-11)8-3-4-15-5-9(8)13/h3-5,7,10H,6,14H2,1-2H3. The fraction of sp³-hybridized carbons (Fsp3) is 0.417. The lowest BCUT2D eigenvalue weighted by Gasteiger charge is -2.10. The molecule has 0 aliphatic heterocycles. The summed E-state index contributed by atoms with van der Waals surface area (Å²) in [4.78, 5) is 7.72. The maximum atomic E-state index is 13.5. The zero-order chi connectivity index (χ0) is 13.8. The lowest BCUT2D eigenvalue weighted by Crippen LogP contribution is -2.20. The van der Waals surface area contributed by atoms with Gasteiger partial charge >= 0.3 is 0 Å². The van der Waals surface area contributed by atoms with Crippen molar-refractivity contribution in [3.63, 3.8) is 0 Å². The molecule has 0 aliphatic carbocycles. The largest absolute Gasteiger partial charge is 0.377 e. The molecular formula is C12H15FN4O2. The lowest BCUT2D eigenvalue weighted by atomic mass is 10.2. The smallest absolute Gasteiger partial charge is 0.261 e. The van der Waals surface area contributed by atoms with E-state index in [1.807, 2.05) is 13.8 Å². The van der Waals surface area contributed by atoms with Crippen LogP contribution in [0.3, 0.4) is 0 Å². The van der Waals surface area contributed by atoms with Gasteiger partial charge < -0.3 is 15.0 Å². The number of aromatic nitrogens is 3. The van der Waals surface area contributed by atoms with Gasteiger partial charge in [-0.05, 0) is 19.9 Å². The Labute approximate surface area is 109 Å². The molecule has 7 heteroatoms. The van der Waals surface area contributed by atoms with E-state index in [1.54, 1.807) is 0 Å². The average molecular weight is 266 g/mol. The molecule has 0 saturated carbocycles. The van der Waals surface area contributed by atoms with Crippen LogP contribution in [-0.4, -0.2) is 27.8 Å². The molecule has 2 rings (SSSR count). The topological polar surface area (TPSA) is 87.1 Å². The van der Waals surface area contributed by atoms with E-state index in [0.29, 0.717) is 0 Å². The van der Waals surface area contributed by atoms with E-state index in [-0.39, 0.29) is 30.0 Å². The Bertz CT molecular complexity index is 544. The molecule has 2 N–H and O–H groups in total. The first-order chi connectivity index (χ1) is 9.08. The molecule has 19 heavy (non-hydrogen) atoms. The van der Waals surface area contributed by atoms with Crippen molar-refractivity contribution in [3.05, 3.63) is 30.1 Å². The number of hydrogen-bond donors (Lipinski definition) is 1. The van der Waals surface area contributed by atoms with Crippen molar-refractivity contribution < 1.29 is 13.7 Å². The maximum Gasteiger partial charge on any atom is 0.261 e. The quantitative estimate of drug-likeness (QED) is 0.886. The minimum Gasteiger partial charge on any atom is -0.377 e. The summed E-state index contributed by atoms with van der Waals surface area (Å²) in [5.41, 5.74) is 6.06. The van der Waals surface area contributed by atoms with Gasteiger partial charge in [-0.3, -0.25) is 4.98 Å². The molecule has 2 heterocycles. The van der Waals surface area contributed by atoms with Crippen LogP contribution in [-0.2, 0) is 4.74 Å². The van der Waals surface area contributed by atoms with Crippen LogP contribution >= 0.6 is 0 Å². The predicted octanol–water partition coefficient (Wildman–Crippen LogP) is 1.70. The van der Waals surface area contributed by atoms with E-state index in [9.17, 15) is 4.39 Å². The van der Waals surface area contributed by atoms with Gasteiger partial charge in [0.25, 0.3) is 5.89 Å². The molecule has 0 radical (unpaired) electrons. The molecule has 102 valence electrons. The summed E-state index contributed by atoms with van der Waals surface area (Å²) in [6.07, 6.45) is 2.60. The highest BCUT2D eigenvalue weighted by atomic mass is 19.1. The normalized spacial score (nSPS) is 12.9. The third-order valence-electron chi connectivity index (χ3n) is 2.39. The second-order valence-electron chi connectivity index (χ2n) is 4.30. The Balaban J connectivity index is 2.13. The molecule has 1 atom stereocenters. The van der Waals surface area contributed by atoms with E-state index < -0.39 is 11.9 Å². The zero-order valence-corrected chi connectivity index (χ0v) is 10.7. The number of nitrogens with two attached hydrogens (primary N) is 1. The van der Waals surface area contributed by atoms with Crippen LogP contribution in [0.1, 0.15) is 25.7 Å². The second kappa shape index (κ2) is 5.85. The van der Waals surface area contributed by atoms with Crippen molar-refractivity contribution in [2.24, 2.45) is 5.73 Å². The Morgan fingerprint density at radius 2 is 2.26 bits per heavy atom. The number of hydrogen-bond acceptors (Lipinski definition) is 6. The third-order valence-corrected chi connectivity index (χ3v) is 2.39. The molecule has 2 aromatic rings. The van der Waals surface area contributed by atoms with Crippen molar-refractivity contribution in [2.75, 3.05) is 6.61 Å². The van der Waals surface area contributed by atoms with E-state index >= 15 is 0 Å². The molecule has 1 unspecified atom stereocenters. The molecule has 0 fully saturated rings. The zero-order valence-electron chi connectivity index (χ0n) is 10.7. The number of nitrogens with zero attached hydrogens (tertiary/aromatic N) is 3. The fourth-order valence-electron chi connectivity index (χ4n) is 1.41. The van der Waals surface area contributed by atoms with Crippen LogP contribution in [0.15, 0.2) is 23.0 Å². The minimum absolute atomic E-state index is 0.0649. The molecule has 0 amide bonds. The second-order valence-corrected chi connectivity index (χ2v) is 4.30. The number of ether oxygens (including phenoxy) is 1. The van der Waals surface area contributed by atoms with Gasteiger partial charge in [-0.15, -0.1) is 0 Å². The summed E-state index contributed by atoms with van der Waals surface area (Å²) in [6, 6.07) is 0.952. The first kappa shape index (κ1) is 13.6.